The zero-order chi connectivity index (χ0) is 21.9. The lowest BCUT2D eigenvalue weighted by molar-refractivity contribution is 0.298. The molecule has 0 aliphatic carbocycles. The molecule has 0 aliphatic rings. The van der Waals surface area contributed by atoms with E-state index < -0.39 is 51.4 Å². The Morgan fingerprint density at radius 3 is 1.48 bits per heavy atom. The van der Waals surface area contributed by atoms with Gasteiger partial charge in [-0.15, -0.1) is 0 Å². The Morgan fingerprint density at radius 1 is 0.667 bits per heavy atom. The van der Waals surface area contributed by atoms with Gasteiger partial charge in [-0.1, -0.05) is 6.92 Å². The first-order valence-corrected chi connectivity index (χ1v) is 27.4. The average Bonchev–Trinajstić information content (AvgIpc) is 2.30. The summed E-state index contributed by atoms with van der Waals surface area (Å²) in [4.78, 5) is 0. The molecule has 0 aromatic heterocycles. The van der Waals surface area contributed by atoms with Gasteiger partial charge in [-0.25, -0.2) is 0 Å². The summed E-state index contributed by atoms with van der Waals surface area (Å²) in [5, 5.41) is 0.479. The zero-order valence-corrected chi connectivity index (χ0v) is 26.6. The summed E-state index contributed by atoms with van der Waals surface area (Å²) in [6.07, 6.45) is 0. The van der Waals surface area contributed by atoms with E-state index in [9.17, 15) is 0 Å². The van der Waals surface area contributed by atoms with Crippen molar-refractivity contribution in [2.45, 2.75) is 97.6 Å². The van der Waals surface area contributed by atoms with Crippen molar-refractivity contribution >= 4 is 51.4 Å². The van der Waals surface area contributed by atoms with E-state index in [2.05, 4.69) is 92.4 Å². The Morgan fingerprint density at radius 2 is 1.07 bits per heavy atom. The number of hydrogen-bond donors (Lipinski definition) is 0. The van der Waals surface area contributed by atoms with Gasteiger partial charge < -0.3 is 20.9 Å². The van der Waals surface area contributed by atoms with Gasteiger partial charge in [0.1, 0.15) is 0 Å². The topological polar surface area (TPSA) is 46.2 Å². The van der Waals surface area contributed by atoms with Gasteiger partial charge in [0.2, 0.25) is 0 Å². The quantitative estimate of drug-likeness (QED) is 0.340. The normalized spacial score (nSPS) is 16.1. The van der Waals surface area contributed by atoms with Crippen LogP contribution in [0.4, 0.5) is 0 Å². The maximum absolute atomic E-state index is 6.80. The minimum absolute atomic E-state index is 0.479. The fourth-order valence-electron chi connectivity index (χ4n) is 3.87. The van der Waals surface area contributed by atoms with E-state index in [0.717, 1.165) is 6.61 Å². The molecule has 0 spiro atoms. The highest BCUT2D eigenvalue weighted by molar-refractivity contribution is 6.96. The summed E-state index contributed by atoms with van der Waals surface area (Å²) in [7, 11) is -11.7. The molecule has 0 aliphatic heterocycles. The van der Waals surface area contributed by atoms with E-state index in [1.54, 1.807) is 0 Å². The predicted molar refractivity (Wildman–Crippen MR) is 132 cm³/mol. The molecule has 164 valence electrons. The van der Waals surface area contributed by atoms with Crippen molar-refractivity contribution in [2.24, 2.45) is 0 Å². The Bertz CT molecular complexity index is 468. The molecule has 0 aromatic rings. The van der Waals surface area contributed by atoms with E-state index in [1.165, 1.54) is 0 Å². The van der Waals surface area contributed by atoms with E-state index in [-0.39, 0.29) is 0 Å². The first kappa shape index (κ1) is 28.1. The Balaban J connectivity index is 5.19. The van der Waals surface area contributed by atoms with Gasteiger partial charge in [0.25, 0.3) is 0 Å². The predicted octanol–water partition coefficient (Wildman–Crippen LogP) is 5.52. The van der Waals surface area contributed by atoms with Crippen molar-refractivity contribution in [2.75, 3.05) is 6.61 Å². The molecule has 0 heterocycles. The summed E-state index contributed by atoms with van der Waals surface area (Å²) in [6, 6.07) is 0. The molecule has 0 bridgehead atoms. The lowest BCUT2D eigenvalue weighted by Crippen LogP contribution is -2.60. The maximum Gasteiger partial charge on any atom is 0.314 e. The molecule has 0 N–H and O–H groups in total. The molecule has 0 saturated carbocycles. The van der Waals surface area contributed by atoms with Crippen LogP contribution in [0.5, 0.6) is 0 Å². The lowest BCUT2D eigenvalue weighted by Gasteiger charge is -2.45. The molecule has 27 heavy (non-hydrogen) atoms. The van der Waals surface area contributed by atoms with Crippen LogP contribution in [0.3, 0.4) is 0 Å². The van der Waals surface area contributed by atoms with Crippen LogP contribution in [0.1, 0.15) is 13.8 Å². The molecule has 0 saturated heterocycles. The third kappa shape index (κ3) is 10.6. The number of rotatable bonds is 12. The highest BCUT2D eigenvalue weighted by atomic mass is 28.5. The van der Waals surface area contributed by atoms with Crippen LogP contribution < -0.4 is 0 Å². The van der Waals surface area contributed by atoms with Crippen LogP contribution in [0.25, 0.3) is 0 Å². The Kier molecular flexibility index (Phi) is 10.3. The molecule has 0 radical (unpaired) electrons. The van der Waals surface area contributed by atoms with Crippen molar-refractivity contribution in [3.63, 3.8) is 0 Å². The van der Waals surface area contributed by atoms with Crippen molar-refractivity contribution < 1.29 is 20.9 Å². The lowest BCUT2D eigenvalue weighted by atomic mass is 10.9. The molecular weight excluding hydrogens is 441 g/mol. The average molecular weight is 487 g/mol. The Labute approximate surface area is 176 Å². The molecule has 1 unspecified atom stereocenters. The third-order valence-corrected chi connectivity index (χ3v) is 30.1. The monoisotopic (exact) mass is 486 g/mol. The first-order valence-electron chi connectivity index (χ1n) is 10.2. The van der Waals surface area contributed by atoms with Gasteiger partial charge in [0, 0.05) is 6.61 Å². The highest BCUT2D eigenvalue weighted by Gasteiger charge is 2.49. The fourth-order valence-corrected chi connectivity index (χ4v) is 33.8. The molecular formula is C16H46O5Si6. The molecule has 5 nitrogen and oxygen atoms in total. The van der Waals surface area contributed by atoms with E-state index in [0.29, 0.717) is 5.16 Å². The summed E-state index contributed by atoms with van der Waals surface area (Å²) in [5.74, 6) is 0. The van der Waals surface area contributed by atoms with Gasteiger partial charge in [-0.2, -0.15) is 0 Å². The van der Waals surface area contributed by atoms with Crippen LogP contribution in [0.15, 0.2) is 0 Å². The van der Waals surface area contributed by atoms with Gasteiger partial charge >= 0.3 is 25.7 Å². The molecule has 11 heteroatoms. The molecule has 0 rings (SSSR count). The largest absolute Gasteiger partial charge is 0.440 e. The second kappa shape index (κ2) is 9.94. The second-order valence-electron chi connectivity index (χ2n) is 10.0. The van der Waals surface area contributed by atoms with E-state index in [1.807, 2.05) is 0 Å². The molecule has 0 aromatic carbocycles. The summed E-state index contributed by atoms with van der Waals surface area (Å²) < 4.78 is 32.2. The SMILES string of the molecule is CCO[Si](C)(C)C(C)[Si](C)(C)O[Si](C)(C)O[Si](C)(C)O[Si](C)(C)O[SiH](C)C. The van der Waals surface area contributed by atoms with Crippen LogP contribution in [-0.2, 0) is 20.9 Å². The fraction of sp³-hybridized carbons (Fsp3) is 1.00. The van der Waals surface area contributed by atoms with Crippen LogP contribution in [-0.4, -0.2) is 58.0 Å². The zero-order valence-electron chi connectivity index (χ0n) is 20.4. The first-order chi connectivity index (χ1) is 11.8. The van der Waals surface area contributed by atoms with E-state index in [4.69, 9.17) is 20.9 Å². The van der Waals surface area contributed by atoms with Crippen molar-refractivity contribution in [3.05, 3.63) is 0 Å². The third-order valence-electron chi connectivity index (χ3n) is 4.61. The highest BCUT2D eigenvalue weighted by Crippen LogP contribution is 2.36. The van der Waals surface area contributed by atoms with Gasteiger partial charge in [0.05, 0.1) is 0 Å². The maximum atomic E-state index is 6.80. The smallest absolute Gasteiger partial charge is 0.314 e. The minimum Gasteiger partial charge on any atom is -0.440 e. The van der Waals surface area contributed by atoms with Crippen molar-refractivity contribution in [1.29, 1.82) is 0 Å². The summed E-state index contributed by atoms with van der Waals surface area (Å²) in [6.45, 7) is 31.6. The van der Waals surface area contributed by atoms with E-state index >= 15 is 0 Å². The minimum atomic E-state index is -2.34. The van der Waals surface area contributed by atoms with Crippen LogP contribution in [0, 0.1) is 0 Å². The second-order valence-corrected chi connectivity index (χ2v) is 32.9. The van der Waals surface area contributed by atoms with Gasteiger partial charge in [0.15, 0.2) is 25.7 Å². The van der Waals surface area contributed by atoms with Gasteiger partial charge in [-0.05, 0) is 90.7 Å². The molecule has 1 atom stereocenters. The molecule has 0 amide bonds. The Hall–Kier alpha value is 1.10. The molecule has 0 fully saturated rings. The van der Waals surface area contributed by atoms with Crippen molar-refractivity contribution in [3.8, 4) is 0 Å². The number of hydrogen-bond acceptors (Lipinski definition) is 5. The standard InChI is InChI=1S/C16H46O5Si6/c1-15-17-23(5,6)16(2)24(7,8)19-26(11,12)21-27(13,14)20-25(9,10)18-22(3)4/h16,22H,15H2,1-14H3. The van der Waals surface area contributed by atoms with Crippen LogP contribution >= 0.6 is 0 Å². The summed E-state index contributed by atoms with van der Waals surface area (Å²) in [5.41, 5.74) is 0. The van der Waals surface area contributed by atoms with Crippen LogP contribution in [0.2, 0.25) is 83.7 Å². The van der Waals surface area contributed by atoms with Gasteiger partial charge in [-0.3, -0.25) is 0 Å². The summed E-state index contributed by atoms with van der Waals surface area (Å²) >= 11 is 0. The van der Waals surface area contributed by atoms with Crippen molar-refractivity contribution in [1.82, 2.24) is 0 Å².